The van der Waals surface area contributed by atoms with E-state index in [-0.39, 0.29) is 35.0 Å². The lowest BCUT2D eigenvalue weighted by Crippen LogP contribution is -2.34. The van der Waals surface area contributed by atoms with E-state index in [0.717, 1.165) is 0 Å². The van der Waals surface area contributed by atoms with Crippen LogP contribution in [-0.4, -0.2) is 35.4 Å². The molecule has 0 aliphatic carbocycles. The van der Waals surface area contributed by atoms with E-state index in [1.807, 2.05) is 0 Å². The van der Waals surface area contributed by atoms with E-state index in [1.165, 1.54) is 0 Å². The first kappa shape index (κ1) is 27.3. The molecule has 0 aliphatic rings. The van der Waals surface area contributed by atoms with Gasteiger partial charge in [-0.1, -0.05) is 64.4 Å². The number of rotatable bonds is 15. The van der Waals surface area contributed by atoms with Crippen molar-refractivity contribution in [2.45, 2.75) is 52.3 Å². The molecule has 0 rings (SSSR count). The number of Topliss-reactive ketones (excluding diaryl/α,β-unsaturated/α-hetero) is 1. The molecule has 3 N–H and O–H groups in total. The van der Waals surface area contributed by atoms with Crippen molar-refractivity contribution in [3.8, 4) is 0 Å². The number of hydrogen-bond donors (Lipinski definition) is 2. The average Bonchev–Trinajstić information content (AvgIpc) is 2.71. The van der Waals surface area contributed by atoms with Crippen LogP contribution in [0.3, 0.4) is 0 Å². The quantitative estimate of drug-likeness (QED) is 0.180. The molecule has 0 aromatic carbocycles. The van der Waals surface area contributed by atoms with Crippen LogP contribution in [0.4, 0.5) is 0 Å². The summed E-state index contributed by atoms with van der Waals surface area (Å²) in [7, 11) is 0. The highest BCUT2D eigenvalue weighted by Crippen LogP contribution is 2.31. The Balaban J connectivity index is 5.30. The first-order valence-corrected chi connectivity index (χ1v) is 9.69. The smallest absolute Gasteiger partial charge is 0.165 e. The fourth-order valence-electron chi connectivity index (χ4n) is 3.52. The lowest BCUT2D eigenvalue weighted by atomic mass is 9.78. The van der Waals surface area contributed by atoms with Gasteiger partial charge in [0.05, 0.1) is 12.1 Å². The minimum Gasteiger partial charge on any atom is -0.400 e. The fraction of sp³-hybridized carbons (Fsp3) is 0.545. The van der Waals surface area contributed by atoms with Crippen LogP contribution in [0.15, 0.2) is 59.1 Å². The molecule has 0 saturated heterocycles. The molecular formula is C22H33N3O5. The number of nitrogens with zero attached hydrogens (tertiary/aromatic N) is 2. The number of nitroso groups, excluding NO2 is 2. The Morgan fingerprint density at radius 3 is 2.00 bits per heavy atom. The first-order valence-electron chi connectivity index (χ1n) is 9.69. The van der Waals surface area contributed by atoms with E-state index < -0.39 is 35.9 Å². The third-order valence-corrected chi connectivity index (χ3v) is 5.65. The number of allylic oxidation sites excluding steroid dienone is 1. The van der Waals surface area contributed by atoms with Crippen LogP contribution in [0.5, 0.6) is 0 Å². The van der Waals surface area contributed by atoms with Crippen molar-refractivity contribution < 1.29 is 14.7 Å². The predicted molar refractivity (Wildman–Crippen MR) is 118 cm³/mol. The Labute approximate surface area is 177 Å². The van der Waals surface area contributed by atoms with Crippen LogP contribution in [-0.2, 0) is 9.59 Å². The number of hydrogen-bond acceptors (Lipinski definition) is 8. The molecule has 0 aliphatic heterocycles. The summed E-state index contributed by atoms with van der Waals surface area (Å²) in [5.74, 6) is -2.38. The van der Waals surface area contributed by atoms with E-state index >= 15 is 0 Å². The molecule has 0 heterocycles. The SMILES string of the molecule is C=C(C(=C)[C@@H](C)[C@H](O)C(=C)N)C(=O)[C@H](C)C[C@H](C)[C@H](N=O)[C@@H](C)[C@H](N=O)C(=C)C=O. The molecule has 8 nitrogen and oxygen atoms in total. The van der Waals surface area contributed by atoms with Gasteiger partial charge in [-0.25, -0.2) is 0 Å². The van der Waals surface area contributed by atoms with Gasteiger partial charge in [0.15, 0.2) is 5.78 Å². The summed E-state index contributed by atoms with van der Waals surface area (Å²) < 4.78 is 0. The van der Waals surface area contributed by atoms with Gasteiger partial charge in [0.25, 0.3) is 0 Å². The predicted octanol–water partition coefficient (Wildman–Crippen LogP) is 3.46. The highest BCUT2D eigenvalue weighted by Gasteiger charge is 2.35. The molecule has 0 aromatic heterocycles. The third-order valence-electron chi connectivity index (χ3n) is 5.65. The number of aliphatic hydroxyl groups is 1. The summed E-state index contributed by atoms with van der Waals surface area (Å²) in [4.78, 5) is 46.3. The monoisotopic (exact) mass is 419 g/mol. The average molecular weight is 420 g/mol. The molecule has 0 bridgehead atoms. The zero-order valence-electron chi connectivity index (χ0n) is 18.2. The number of nitrogens with two attached hydrogens (primary N) is 1. The van der Waals surface area contributed by atoms with Gasteiger partial charge < -0.3 is 10.8 Å². The van der Waals surface area contributed by atoms with Crippen LogP contribution in [0.2, 0.25) is 0 Å². The van der Waals surface area contributed by atoms with Crippen molar-refractivity contribution in [1.29, 1.82) is 0 Å². The number of carbonyl (C=O) groups is 2. The second-order valence-electron chi connectivity index (χ2n) is 7.99. The van der Waals surface area contributed by atoms with Gasteiger partial charge in [0, 0.05) is 34.6 Å². The zero-order valence-corrected chi connectivity index (χ0v) is 18.2. The molecular weight excluding hydrogens is 386 g/mol. The Morgan fingerprint density at radius 1 is 1.07 bits per heavy atom. The largest absolute Gasteiger partial charge is 0.400 e. The summed E-state index contributed by atoms with van der Waals surface area (Å²) in [6, 6.07) is -1.92. The van der Waals surface area contributed by atoms with Crippen molar-refractivity contribution in [2.75, 3.05) is 0 Å². The van der Waals surface area contributed by atoms with Crippen molar-refractivity contribution in [3.05, 3.63) is 58.5 Å². The van der Waals surface area contributed by atoms with Gasteiger partial charge in [-0.05, 0) is 17.9 Å². The standard InChI is InChI=1S/C22H33N3O5/c1-11(19(24-29)17(7)20(25-30)13(3)10-26)9-12(2)21(27)15(5)14(4)16(6)22(28)18(8)23/h10-12,16-17,19-20,22,28H,3-5,8-9,23H2,1-2,6-7H3/t11-,12+,16+,17+,19-,20+,22-/m0/s1. The Morgan fingerprint density at radius 2 is 1.60 bits per heavy atom. The second-order valence-corrected chi connectivity index (χ2v) is 7.99. The number of ketones is 1. The van der Waals surface area contributed by atoms with E-state index in [4.69, 9.17) is 5.73 Å². The molecule has 0 radical (unpaired) electrons. The van der Waals surface area contributed by atoms with Gasteiger partial charge in [0.1, 0.15) is 12.3 Å². The molecule has 166 valence electrons. The summed E-state index contributed by atoms with van der Waals surface area (Å²) in [6.07, 6.45) is -0.340. The highest BCUT2D eigenvalue weighted by molar-refractivity contribution is 6.00. The number of aliphatic hydroxyl groups excluding tert-OH is 1. The second kappa shape index (κ2) is 12.1. The summed E-state index contributed by atoms with van der Waals surface area (Å²) in [5, 5.41) is 16.1. The van der Waals surface area contributed by atoms with Gasteiger partial charge in [-0.2, -0.15) is 9.81 Å². The van der Waals surface area contributed by atoms with E-state index in [2.05, 4.69) is 36.7 Å². The van der Waals surface area contributed by atoms with Crippen molar-refractivity contribution in [3.63, 3.8) is 0 Å². The maximum Gasteiger partial charge on any atom is 0.165 e. The number of carbonyl (C=O) groups excluding carboxylic acids is 2. The van der Waals surface area contributed by atoms with Gasteiger partial charge in [-0.15, -0.1) is 0 Å². The van der Waals surface area contributed by atoms with Gasteiger partial charge in [-0.3, -0.25) is 9.59 Å². The topological polar surface area (TPSA) is 139 Å². The molecule has 30 heavy (non-hydrogen) atoms. The molecule has 0 unspecified atom stereocenters. The molecule has 0 saturated carbocycles. The van der Waals surface area contributed by atoms with E-state index in [1.54, 1.807) is 27.7 Å². The molecule has 8 heteroatoms. The Hall–Kier alpha value is -2.74. The van der Waals surface area contributed by atoms with Crippen LogP contribution in [0, 0.1) is 33.5 Å². The minimum atomic E-state index is -1.07. The minimum absolute atomic E-state index is 0.0267. The summed E-state index contributed by atoms with van der Waals surface area (Å²) in [5.41, 5.74) is 6.07. The van der Waals surface area contributed by atoms with Crippen LogP contribution < -0.4 is 5.73 Å². The normalized spacial score (nSPS) is 17.9. The Bertz CT molecular complexity index is 730. The summed E-state index contributed by atoms with van der Waals surface area (Å²) >= 11 is 0. The third kappa shape index (κ3) is 6.66. The maximum absolute atomic E-state index is 12.8. The lowest BCUT2D eigenvalue weighted by Gasteiger charge is -2.28. The summed E-state index contributed by atoms with van der Waals surface area (Å²) in [6.45, 7) is 21.3. The lowest BCUT2D eigenvalue weighted by molar-refractivity contribution is -0.119. The van der Waals surface area contributed by atoms with Crippen LogP contribution >= 0.6 is 0 Å². The van der Waals surface area contributed by atoms with Crippen molar-refractivity contribution >= 4 is 12.1 Å². The van der Waals surface area contributed by atoms with Crippen molar-refractivity contribution in [2.24, 2.45) is 39.8 Å². The highest BCUT2D eigenvalue weighted by atomic mass is 16.3. The zero-order chi connectivity index (χ0) is 23.8. The van der Waals surface area contributed by atoms with E-state index in [0.29, 0.717) is 11.9 Å². The molecule has 0 fully saturated rings. The number of aldehydes is 1. The van der Waals surface area contributed by atoms with Crippen LogP contribution in [0.1, 0.15) is 34.1 Å². The maximum atomic E-state index is 12.8. The fourth-order valence-corrected chi connectivity index (χ4v) is 3.52. The van der Waals surface area contributed by atoms with Crippen LogP contribution in [0.25, 0.3) is 0 Å². The molecule has 0 aromatic rings. The molecule has 7 atom stereocenters. The first-order chi connectivity index (χ1) is 13.8. The van der Waals surface area contributed by atoms with Gasteiger partial charge >= 0.3 is 0 Å². The molecule has 0 spiro atoms. The Kier molecular flexibility index (Phi) is 11.0. The van der Waals surface area contributed by atoms with E-state index in [9.17, 15) is 24.5 Å². The van der Waals surface area contributed by atoms with Crippen molar-refractivity contribution in [1.82, 2.24) is 0 Å². The van der Waals surface area contributed by atoms with Gasteiger partial charge in [0.2, 0.25) is 0 Å². The molecule has 0 amide bonds.